The van der Waals surface area contributed by atoms with Crippen LogP contribution in [0.25, 0.3) is 0 Å². The van der Waals surface area contributed by atoms with Gasteiger partial charge in [0.05, 0.1) is 6.61 Å². The smallest absolute Gasteiger partial charge is 0.0613 e. The van der Waals surface area contributed by atoms with Gasteiger partial charge in [-0.1, -0.05) is 0 Å². The molecule has 19 heavy (non-hydrogen) atoms. The molecule has 0 bridgehead atoms. The second-order valence-electron chi connectivity index (χ2n) is 6.89. The summed E-state index contributed by atoms with van der Waals surface area (Å²) in [5, 5.41) is 13.6. The second-order valence-corrected chi connectivity index (χ2v) is 6.89. The number of hydrogen-bond donors (Lipinski definition) is 2. The largest absolute Gasteiger partial charge is 0.394 e. The van der Waals surface area contributed by atoms with Crippen molar-refractivity contribution < 1.29 is 5.11 Å². The lowest BCUT2D eigenvalue weighted by Gasteiger charge is -2.44. The third-order valence-electron chi connectivity index (χ3n) is 4.73. The van der Waals surface area contributed by atoms with Crippen LogP contribution in [0.4, 0.5) is 0 Å². The van der Waals surface area contributed by atoms with Crippen molar-refractivity contribution in [1.82, 2.24) is 15.1 Å². The van der Waals surface area contributed by atoms with E-state index in [9.17, 15) is 5.11 Å². The summed E-state index contributed by atoms with van der Waals surface area (Å²) >= 11 is 0. The van der Waals surface area contributed by atoms with Crippen LogP contribution >= 0.6 is 0 Å². The van der Waals surface area contributed by atoms with Gasteiger partial charge in [0.1, 0.15) is 0 Å². The molecule has 0 amide bonds. The molecule has 2 atom stereocenters. The molecule has 112 valence electrons. The van der Waals surface area contributed by atoms with Gasteiger partial charge in [-0.25, -0.2) is 0 Å². The lowest BCUT2D eigenvalue weighted by atomic mass is 9.78. The van der Waals surface area contributed by atoms with Gasteiger partial charge in [0, 0.05) is 30.7 Å². The highest BCUT2D eigenvalue weighted by atomic mass is 16.3. The number of hydrogen-bond acceptors (Lipinski definition) is 4. The maximum absolute atomic E-state index is 9.85. The third kappa shape index (κ3) is 4.42. The zero-order valence-corrected chi connectivity index (χ0v) is 12.9. The van der Waals surface area contributed by atoms with Gasteiger partial charge in [-0.2, -0.15) is 0 Å². The number of aliphatic hydroxyl groups excluding tert-OH is 1. The van der Waals surface area contributed by atoms with E-state index in [4.69, 9.17) is 0 Å². The fourth-order valence-corrected chi connectivity index (χ4v) is 3.23. The van der Waals surface area contributed by atoms with Gasteiger partial charge in [-0.05, 0) is 59.7 Å². The fraction of sp³-hybridized carbons (Fsp3) is 1.00. The Morgan fingerprint density at radius 1 is 1.16 bits per heavy atom. The fourth-order valence-electron chi connectivity index (χ4n) is 3.23. The van der Waals surface area contributed by atoms with Crippen LogP contribution in [-0.4, -0.2) is 73.4 Å². The van der Waals surface area contributed by atoms with Gasteiger partial charge in [0.25, 0.3) is 0 Å². The van der Waals surface area contributed by atoms with Crippen molar-refractivity contribution in [3.8, 4) is 0 Å². The molecule has 0 aliphatic heterocycles. The molecule has 0 aromatic heterocycles. The average molecular weight is 269 g/mol. The number of rotatable bonds is 7. The summed E-state index contributed by atoms with van der Waals surface area (Å²) in [5.41, 5.74) is -0.00351. The summed E-state index contributed by atoms with van der Waals surface area (Å²) in [5.74, 6) is 0. The van der Waals surface area contributed by atoms with Crippen molar-refractivity contribution in [3.05, 3.63) is 0 Å². The Labute approximate surface area is 118 Å². The summed E-state index contributed by atoms with van der Waals surface area (Å²) < 4.78 is 0. The van der Waals surface area contributed by atoms with Gasteiger partial charge in [-0.3, -0.25) is 0 Å². The van der Waals surface area contributed by atoms with Crippen LogP contribution in [0.1, 0.15) is 38.5 Å². The van der Waals surface area contributed by atoms with E-state index >= 15 is 0 Å². The van der Waals surface area contributed by atoms with E-state index in [-0.39, 0.29) is 5.54 Å². The normalized spacial score (nSPS) is 32.2. The van der Waals surface area contributed by atoms with Crippen LogP contribution in [0.2, 0.25) is 0 Å². The first-order valence-corrected chi connectivity index (χ1v) is 7.78. The molecular weight excluding hydrogens is 238 g/mol. The Morgan fingerprint density at radius 3 is 2.47 bits per heavy atom. The third-order valence-corrected chi connectivity index (χ3v) is 4.73. The summed E-state index contributed by atoms with van der Waals surface area (Å²) in [4.78, 5) is 4.72. The highest BCUT2D eigenvalue weighted by Crippen LogP contribution is 2.34. The second kappa shape index (κ2) is 6.53. The minimum atomic E-state index is -0.00351. The van der Waals surface area contributed by atoms with Gasteiger partial charge in [0.15, 0.2) is 0 Å². The Balaban J connectivity index is 1.87. The molecule has 2 fully saturated rings. The maximum Gasteiger partial charge on any atom is 0.0613 e. The zero-order valence-electron chi connectivity index (χ0n) is 12.9. The highest BCUT2D eigenvalue weighted by Gasteiger charge is 2.40. The molecule has 0 radical (unpaired) electrons. The molecule has 0 heterocycles. The van der Waals surface area contributed by atoms with Crippen LogP contribution < -0.4 is 5.32 Å². The van der Waals surface area contributed by atoms with E-state index in [2.05, 4.69) is 36.3 Å². The summed E-state index contributed by atoms with van der Waals surface area (Å²) in [6.07, 6.45) is 7.34. The van der Waals surface area contributed by atoms with Crippen molar-refractivity contribution in [1.29, 1.82) is 0 Å². The summed E-state index contributed by atoms with van der Waals surface area (Å²) in [7, 11) is 6.49. The molecule has 2 rings (SSSR count). The van der Waals surface area contributed by atoms with E-state index in [1.807, 2.05) is 0 Å². The topological polar surface area (TPSA) is 38.7 Å². The van der Waals surface area contributed by atoms with Crippen LogP contribution in [0, 0.1) is 0 Å². The number of nitrogens with zero attached hydrogens (tertiary/aromatic N) is 2. The summed E-state index contributed by atoms with van der Waals surface area (Å²) in [6.45, 7) is 2.51. The van der Waals surface area contributed by atoms with Crippen LogP contribution in [0.3, 0.4) is 0 Å². The number of likely N-dealkylation sites (N-methyl/N-ethyl adjacent to an activating group) is 2. The van der Waals surface area contributed by atoms with Gasteiger partial charge >= 0.3 is 0 Å². The minimum absolute atomic E-state index is 0.00351. The first-order chi connectivity index (χ1) is 9.04. The van der Waals surface area contributed by atoms with Crippen LogP contribution in [0.15, 0.2) is 0 Å². The van der Waals surface area contributed by atoms with Crippen molar-refractivity contribution in [2.24, 2.45) is 0 Å². The quantitative estimate of drug-likeness (QED) is 0.720. The van der Waals surface area contributed by atoms with Crippen LogP contribution in [-0.2, 0) is 0 Å². The molecule has 2 aliphatic rings. The van der Waals surface area contributed by atoms with Crippen LogP contribution in [0.5, 0.6) is 0 Å². The Hall–Kier alpha value is -0.160. The maximum atomic E-state index is 9.85. The van der Waals surface area contributed by atoms with Crippen molar-refractivity contribution in [2.45, 2.75) is 56.1 Å². The first-order valence-electron chi connectivity index (χ1n) is 7.78. The molecule has 2 aliphatic carbocycles. The van der Waals surface area contributed by atoms with Crippen molar-refractivity contribution in [2.75, 3.05) is 40.8 Å². The molecule has 4 heteroatoms. The zero-order chi connectivity index (χ0) is 13.9. The van der Waals surface area contributed by atoms with Gasteiger partial charge in [0.2, 0.25) is 0 Å². The molecule has 0 spiro atoms. The molecule has 2 unspecified atom stereocenters. The Kier molecular flexibility index (Phi) is 5.23. The molecule has 0 aromatic rings. The highest BCUT2D eigenvalue weighted by molar-refractivity contribution is 5.00. The average Bonchev–Trinajstić information content (AvgIpc) is 3.20. The first kappa shape index (κ1) is 15.2. The predicted molar refractivity (Wildman–Crippen MR) is 79.4 cm³/mol. The van der Waals surface area contributed by atoms with Gasteiger partial charge < -0.3 is 20.2 Å². The van der Waals surface area contributed by atoms with E-state index in [1.165, 1.54) is 25.7 Å². The number of aliphatic hydroxyl groups is 1. The Bertz CT molecular complexity index is 281. The molecule has 0 aromatic carbocycles. The van der Waals surface area contributed by atoms with Gasteiger partial charge in [-0.15, -0.1) is 0 Å². The lowest BCUT2D eigenvalue weighted by molar-refractivity contribution is 0.0660. The van der Waals surface area contributed by atoms with E-state index in [0.717, 1.165) is 25.9 Å². The molecule has 0 saturated heterocycles. The Morgan fingerprint density at radius 2 is 1.89 bits per heavy atom. The molecule has 4 nitrogen and oxygen atoms in total. The SMILES string of the molecule is CN(C)CCN(C)C1CCCC(CO)(NC2CC2)C1. The lowest BCUT2D eigenvalue weighted by Crippen LogP contribution is -2.56. The molecule has 2 N–H and O–H groups in total. The predicted octanol–water partition coefficient (Wildman–Crippen LogP) is 0.906. The number of nitrogens with one attached hydrogen (secondary N) is 1. The standard InChI is InChI=1S/C15H31N3O/c1-17(2)9-10-18(3)14-5-4-8-15(11-14,12-19)16-13-6-7-13/h13-14,16,19H,4-12H2,1-3H3. The molecule has 2 saturated carbocycles. The monoisotopic (exact) mass is 269 g/mol. The minimum Gasteiger partial charge on any atom is -0.394 e. The van der Waals surface area contributed by atoms with E-state index in [0.29, 0.717) is 18.7 Å². The van der Waals surface area contributed by atoms with Crippen molar-refractivity contribution in [3.63, 3.8) is 0 Å². The van der Waals surface area contributed by atoms with E-state index in [1.54, 1.807) is 0 Å². The van der Waals surface area contributed by atoms with E-state index < -0.39 is 0 Å². The molecular formula is C15H31N3O. The van der Waals surface area contributed by atoms with Crippen molar-refractivity contribution >= 4 is 0 Å². The summed E-state index contributed by atoms with van der Waals surface area (Å²) in [6, 6.07) is 1.30.